The van der Waals surface area contributed by atoms with Crippen molar-refractivity contribution in [1.82, 2.24) is 10.2 Å². The summed E-state index contributed by atoms with van der Waals surface area (Å²) in [5.41, 5.74) is 7.07. The smallest absolute Gasteiger partial charge is 0.253 e. The summed E-state index contributed by atoms with van der Waals surface area (Å²) in [6, 6.07) is 17.1. The Labute approximate surface area is 165 Å². The number of hydrogen-bond acceptors (Lipinski definition) is 4. The first-order valence-corrected chi connectivity index (χ1v) is 9.71. The lowest BCUT2D eigenvalue weighted by molar-refractivity contribution is -0.126. The molecule has 0 spiro atoms. The average molecular weight is 381 g/mol. The number of piperidine rings is 1. The third kappa shape index (κ3) is 5.33. The van der Waals surface area contributed by atoms with E-state index in [-0.39, 0.29) is 17.7 Å². The van der Waals surface area contributed by atoms with Crippen LogP contribution < -0.4 is 15.8 Å². The maximum absolute atomic E-state index is 12.8. The van der Waals surface area contributed by atoms with E-state index in [1.165, 1.54) is 0 Å². The highest BCUT2D eigenvalue weighted by atomic mass is 16.5. The molecule has 1 atom stereocenters. The highest BCUT2D eigenvalue weighted by Crippen LogP contribution is 2.19. The zero-order chi connectivity index (χ0) is 19.8. The number of para-hydroxylation sites is 1. The molecule has 6 heteroatoms. The van der Waals surface area contributed by atoms with Gasteiger partial charge in [0.25, 0.3) is 5.91 Å². The first-order chi connectivity index (χ1) is 13.7. The van der Waals surface area contributed by atoms with Gasteiger partial charge in [-0.1, -0.05) is 30.3 Å². The van der Waals surface area contributed by atoms with Crippen LogP contribution in [0.1, 0.15) is 28.8 Å². The number of nitrogens with zero attached hydrogens (tertiary/aromatic N) is 1. The lowest BCUT2D eigenvalue weighted by Crippen LogP contribution is -2.46. The number of hydrogen-bond donors (Lipinski definition) is 2. The first kappa shape index (κ1) is 19.9. The molecule has 1 saturated heterocycles. The molecule has 2 amide bonds. The largest absolute Gasteiger partial charge is 0.489 e. The van der Waals surface area contributed by atoms with Gasteiger partial charge in [-0.05, 0) is 42.7 Å². The molecule has 1 aliphatic rings. The normalized spacial score (nSPS) is 16.5. The van der Waals surface area contributed by atoms with Crippen LogP contribution >= 0.6 is 0 Å². The van der Waals surface area contributed by atoms with Crippen LogP contribution in [-0.4, -0.2) is 42.9 Å². The lowest BCUT2D eigenvalue weighted by Gasteiger charge is -2.32. The van der Waals surface area contributed by atoms with Crippen LogP contribution in [0.25, 0.3) is 0 Å². The van der Waals surface area contributed by atoms with Gasteiger partial charge in [0.1, 0.15) is 12.4 Å². The molecule has 1 aliphatic heterocycles. The Balaban J connectivity index is 1.55. The van der Waals surface area contributed by atoms with Crippen LogP contribution in [-0.2, 0) is 11.4 Å². The Morgan fingerprint density at radius 3 is 2.57 bits per heavy atom. The van der Waals surface area contributed by atoms with Crippen molar-refractivity contribution in [2.45, 2.75) is 19.4 Å². The van der Waals surface area contributed by atoms with Crippen molar-refractivity contribution in [3.8, 4) is 5.75 Å². The summed E-state index contributed by atoms with van der Waals surface area (Å²) in [6.45, 7) is 2.47. The summed E-state index contributed by atoms with van der Waals surface area (Å²) in [5, 5.41) is 2.82. The topological polar surface area (TPSA) is 84.7 Å². The van der Waals surface area contributed by atoms with E-state index >= 15 is 0 Å². The molecule has 148 valence electrons. The fourth-order valence-corrected chi connectivity index (χ4v) is 3.32. The van der Waals surface area contributed by atoms with Crippen LogP contribution in [0.5, 0.6) is 5.75 Å². The summed E-state index contributed by atoms with van der Waals surface area (Å²) in [6.07, 6.45) is 1.63. The molecule has 1 heterocycles. The Morgan fingerprint density at radius 1 is 1.11 bits per heavy atom. The van der Waals surface area contributed by atoms with Crippen molar-refractivity contribution >= 4 is 11.8 Å². The molecule has 0 radical (unpaired) electrons. The molecule has 0 aliphatic carbocycles. The molecule has 0 saturated carbocycles. The van der Waals surface area contributed by atoms with E-state index in [4.69, 9.17) is 10.5 Å². The van der Waals surface area contributed by atoms with Crippen molar-refractivity contribution in [2.75, 3.05) is 26.2 Å². The van der Waals surface area contributed by atoms with Crippen molar-refractivity contribution in [2.24, 2.45) is 11.7 Å². The van der Waals surface area contributed by atoms with E-state index in [9.17, 15) is 9.59 Å². The van der Waals surface area contributed by atoms with Gasteiger partial charge in [0.15, 0.2) is 0 Å². The summed E-state index contributed by atoms with van der Waals surface area (Å²) < 4.78 is 5.73. The van der Waals surface area contributed by atoms with Crippen molar-refractivity contribution < 1.29 is 14.3 Å². The van der Waals surface area contributed by atoms with Gasteiger partial charge in [0.2, 0.25) is 5.91 Å². The molecule has 3 N–H and O–H groups in total. The molecular weight excluding hydrogens is 354 g/mol. The molecule has 3 rings (SSSR count). The van der Waals surface area contributed by atoms with E-state index in [1.54, 1.807) is 4.90 Å². The van der Waals surface area contributed by atoms with Gasteiger partial charge in [-0.15, -0.1) is 0 Å². The Hall–Kier alpha value is -2.86. The molecule has 2 aromatic carbocycles. The SMILES string of the molecule is NCCNC(=O)C1CCCN(C(=O)c2ccc(COc3ccccc3)cc2)C1. The van der Waals surface area contributed by atoms with Gasteiger partial charge in [-0.3, -0.25) is 9.59 Å². The van der Waals surface area contributed by atoms with E-state index in [0.29, 0.717) is 38.3 Å². The van der Waals surface area contributed by atoms with Gasteiger partial charge < -0.3 is 20.7 Å². The second-order valence-corrected chi connectivity index (χ2v) is 6.97. The average Bonchev–Trinajstić information content (AvgIpc) is 2.76. The second kappa shape index (κ2) is 9.90. The molecule has 6 nitrogen and oxygen atoms in total. The van der Waals surface area contributed by atoms with Gasteiger partial charge in [-0.25, -0.2) is 0 Å². The van der Waals surface area contributed by atoms with Gasteiger partial charge in [0.05, 0.1) is 5.92 Å². The van der Waals surface area contributed by atoms with Crippen molar-refractivity contribution in [3.63, 3.8) is 0 Å². The minimum absolute atomic E-state index is 0.0173. The Bertz CT molecular complexity index is 777. The van der Waals surface area contributed by atoms with Gasteiger partial charge in [0, 0.05) is 31.7 Å². The zero-order valence-electron chi connectivity index (χ0n) is 16.0. The molecule has 1 unspecified atom stereocenters. The predicted octanol–water partition coefficient (Wildman–Crippen LogP) is 2.19. The molecule has 0 bridgehead atoms. The summed E-state index contributed by atoms with van der Waals surface area (Å²) >= 11 is 0. The Morgan fingerprint density at radius 2 is 1.86 bits per heavy atom. The number of carbonyl (C=O) groups is 2. The highest BCUT2D eigenvalue weighted by molar-refractivity contribution is 5.94. The highest BCUT2D eigenvalue weighted by Gasteiger charge is 2.28. The monoisotopic (exact) mass is 381 g/mol. The maximum Gasteiger partial charge on any atom is 0.253 e. The number of rotatable bonds is 7. The Kier molecular flexibility index (Phi) is 7.03. The number of ether oxygens (including phenoxy) is 1. The minimum Gasteiger partial charge on any atom is -0.489 e. The van der Waals surface area contributed by atoms with Crippen LogP contribution in [0.2, 0.25) is 0 Å². The van der Waals surface area contributed by atoms with E-state index in [0.717, 1.165) is 24.2 Å². The number of nitrogens with one attached hydrogen (secondary N) is 1. The fraction of sp³-hybridized carbons (Fsp3) is 0.364. The summed E-state index contributed by atoms with van der Waals surface area (Å²) in [5.74, 6) is 0.598. The van der Waals surface area contributed by atoms with Crippen LogP contribution in [0.15, 0.2) is 54.6 Å². The van der Waals surface area contributed by atoms with Crippen LogP contribution in [0.3, 0.4) is 0 Å². The van der Waals surface area contributed by atoms with E-state index < -0.39 is 0 Å². The quantitative estimate of drug-likeness (QED) is 0.770. The zero-order valence-corrected chi connectivity index (χ0v) is 16.0. The number of nitrogens with two attached hydrogens (primary N) is 1. The third-order valence-electron chi connectivity index (χ3n) is 4.87. The summed E-state index contributed by atoms with van der Waals surface area (Å²) in [7, 11) is 0. The molecule has 0 aromatic heterocycles. The minimum atomic E-state index is -0.164. The van der Waals surface area contributed by atoms with E-state index in [2.05, 4.69) is 5.32 Å². The van der Waals surface area contributed by atoms with Gasteiger partial charge in [-0.2, -0.15) is 0 Å². The van der Waals surface area contributed by atoms with Crippen molar-refractivity contribution in [3.05, 3.63) is 65.7 Å². The number of benzene rings is 2. The number of likely N-dealkylation sites (tertiary alicyclic amines) is 1. The third-order valence-corrected chi connectivity index (χ3v) is 4.87. The van der Waals surface area contributed by atoms with E-state index in [1.807, 2.05) is 54.6 Å². The first-order valence-electron chi connectivity index (χ1n) is 9.71. The molecule has 28 heavy (non-hydrogen) atoms. The number of carbonyl (C=O) groups excluding carboxylic acids is 2. The number of amides is 2. The lowest BCUT2D eigenvalue weighted by atomic mass is 9.96. The fourth-order valence-electron chi connectivity index (χ4n) is 3.32. The van der Waals surface area contributed by atoms with Crippen LogP contribution in [0, 0.1) is 5.92 Å². The molecule has 1 fully saturated rings. The van der Waals surface area contributed by atoms with Gasteiger partial charge >= 0.3 is 0 Å². The van der Waals surface area contributed by atoms with Crippen molar-refractivity contribution in [1.29, 1.82) is 0 Å². The summed E-state index contributed by atoms with van der Waals surface area (Å²) in [4.78, 5) is 26.8. The van der Waals surface area contributed by atoms with Crippen LogP contribution in [0.4, 0.5) is 0 Å². The second-order valence-electron chi connectivity index (χ2n) is 6.97. The maximum atomic E-state index is 12.8. The predicted molar refractivity (Wildman–Crippen MR) is 108 cm³/mol. The molecular formula is C22H27N3O3. The standard InChI is InChI=1S/C22H27N3O3/c23-12-13-24-21(26)19-5-4-14-25(15-19)22(27)18-10-8-17(9-11-18)16-28-20-6-2-1-3-7-20/h1-3,6-11,19H,4-5,12-16,23H2,(H,24,26). The molecule has 2 aromatic rings.